The van der Waals surface area contributed by atoms with Gasteiger partial charge >= 0.3 is 6.09 Å². The number of nitrogens with zero attached hydrogens (tertiary/aromatic N) is 2. The molecule has 6 aliphatic rings. The number of amides is 4. The normalized spacial score (nSPS) is 30.7. The van der Waals surface area contributed by atoms with Gasteiger partial charge in [0.1, 0.15) is 41.3 Å². The lowest BCUT2D eigenvalue weighted by Crippen LogP contribution is -2.59. The highest BCUT2D eigenvalue weighted by Gasteiger charge is 2.62. The zero-order valence-corrected chi connectivity index (χ0v) is 33.2. The molecule has 15 nitrogen and oxygen atoms in total. The molecule has 2 aliphatic heterocycles. The van der Waals surface area contributed by atoms with Crippen molar-refractivity contribution in [3.05, 3.63) is 42.5 Å². The van der Waals surface area contributed by atoms with Gasteiger partial charge in [0, 0.05) is 35.4 Å². The van der Waals surface area contributed by atoms with Crippen molar-refractivity contribution < 1.29 is 46.5 Å². The van der Waals surface area contributed by atoms with E-state index in [1.54, 1.807) is 13.2 Å². The average molecular weight is 806 g/mol. The summed E-state index contributed by atoms with van der Waals surface area (Å²) in [6.45, 7) is 6.00. The van der Waals surface area contributed by atoms with Crippen LogP contribution in [-0.4, -0.2) is 97.5 Å². The Morgan fingerprint density at radius 1 is 1.09 bits per heavy atom. The van der Waals surface area contributed by atoms with E-state index in [0.29, 0.717) is 73.4 Å². The van der Waals surface area contributed by atoms with Crippen LogP contribution in [0.1, 0.15) is 83.1 Å². The third-order valence-corrected chi connectivity index (χ3v) is 14.4. The first-order chi connectivity index (χ1) is 27.4. The molecule has 57 heavy (non-hydrogen) atoms. The van der Waals surface area contributed by atoms with Gasteiger partial charge in [-0.15, -0.1) is 6.58 Å². The Morgan fingerprint density at radius 2 is 1.88 bits per heavy atom. The van der Waals surface area contributed by atoms with Crippen LogP contribution in [0.5, 0.6) is 17.4 Å². The first-order valence-corrected chi connectivity index (χ1v) is 21.7. The number of carbonyl (C=O) groups excluding carboxylic acids is 4. The number of methoxy groups -OCH3 is 1. The Hall–Kier alpha value is -4.86. The number of benzene rings is 1. The van der Waals surface area contributed by atoms with Gasteiger partial charge in [-0.05, 0) is 76.2 Å². The number of carbonyl (C=O) groups is 4. The molecule has 3 N–H and O–H groups in total. The van der Waals surface area contributed by atoms with Crippen LogP contribution in [0.15, 0.2) is 36.9 Å². The lowest BCUT2D eigenvalue weighted by molar-refractivity contribution is -0.142. The molecule has 7 atom stereocenters. The number of nitrogens with one attached hydrogen (secondary N) is 3. The van der Waals surface area contributed by atoms with Crippen molar-refractivity contribution in [3.63, 3.8) is 0 Å². The zero-order chi connectivity index (χ0) is 40.1. The summed E-state index contributed by atoms with van der Waals surface area (Å²) in [5.41, 5.74) is -0.206. The maximum absolute atomic E-state index is 14.8. The first-order valence-electron chi connectivity index (χ1n) is 20.2. The second-order valence-corrected chi connectivity index (χ2v) is 18.2. The predicted molar refractivity (Wildman–Crippen MR) is 209 cm³/mol. The number of rotatable bonds is 10. The topological polar surface area (TPSA) is 192 Å². The second kappa shape index (κ2) is 15.5. The predicted octanol–water partition coefficient (Wildman–Crippen LogP) is 4.14. The van der Waals surface area contributed by atoms with Crippen molar-refractivity contribution in [1.82, 2.24) is 25.2 Å². The van der Waals surface area contributed by atoms with Gasteiger partial charge in [-0.1, -0.05) is 31.1 Å². The summed E-state index contributed by atoms with van der Waals surface area (Å²) in [5, 5.41) is 5.78. The van der Waals surface area contributed by atoms with E-state index in [0.717, 1.165) is 24.8 Å². The van der Waals surface area contributed by atoms with E-state index in [9.17, 15) is 27.6 Å². The minimum Gasteiger partial charge on any atom is -0.496 e. The van der Waals surface area contributed by atoms with Gasteiger partial charge in [0.2, 0.25) is 27.7 Å². The number of hydrogen-bond donors (Lipinski definition) is 3. The number of allylic oxidation sites excluding steroid dienone is 1. The van der Waals surface area contributed by atoms with E-state index in [-0.39, 0.29) is 37.3 Å². The number of hydrogen-bond acceptors (Lipinski definition) is 11. The van der Waals surface area contributed by atoms with Crippen molar-refractivity contribution >= 4 is 50.8 Å². The molecule has 8 rings (SSSR count). The van der Waals surface area contributed by atoms with Crippen molar-refractivity contribution in [2.45, 2.75) is 113 Å². The standard InChI is InChI=1S/C41H51N5O10S/c1-4-26-21-41(26,39(49)45-57(51,52)28-14-15-28)44-37(47)31-18-27-22-46(31)38(48)36(24-9-6-7-10-24)43-40(50)56-32-16-13-23(32)11-8-12-25-17-29-30(19-33(25)53-3)42-35(54-5-2)20-34(29)55-27/h4,8,12,17,19-20,23-24,26-28,31-32,36H,1,5-7,9-11,13-16,18,21-22H2,2-3H3,(H,43,50)(H,44,47)(H,45,49)/b12-8+/t23?,26-,27-,31+,32?,36+,41-/m1/s1. The van der Waals surface area contributed by atoms with E-state index in [2.05, 4.69) is 21.9 Å². The Bertz CT molecular complexity index is 2100. The molecule has 1 aromatic carbocycles. The Labute approximate surface area is 332 Å². The Kier molecular flexibility index (Phi) is 10.6. The maximum Gasteiger partial charge on any atom is 0.408 e. The number of fused-ring (bicyclic) bond motifs is 4. The molecule has 4 saturated carbocycles. The fourth-order valence-corrected chi connectivity index (χ4v) is 10.3. The fraction of sp³-hybridized carbons (Fsp3) is 0.585. The average Bonchev–Trinajstić information content (AvgIpc) is 4.05. The summed E-state index contributed by atoms with van der Waals surface area (Å²) in [4.78, 5) is 62.7. The van der Waals surface area contributed by atoms with Crippen LogP contribution in [-0.2, 0) is 29.1 Å². The molecule has 1 saturated heterocycles. The third-order valence-electron chi connectivity index (χ3n) is 12.5. The molecule has 3 heterocycles. The van der Waals surface area contributed by atoms with Gasteiger partial charge < -0.3 is 34.5 Å². The van der Waals surface area contributed by atoms with Gasteiger partial charge in [-0.25, -0.2) is 18.2 Å². The number of aromatic nitrogens is 1. The molecular weight excluding hydrogens is 755 g/mol. The molecular formula is C41H51N5O10S. The highest BCUT2D eigenvalue weighted by Crippen LogP contribution is 2.46. The highest BCUT2D eigenvalue weighted by molar-refractivity contribution is 7.91. The molecule has 306 valence electrons. The quantitative estimate of drug-likeness (QED) is 0.293. The van der Waals surface area contributed by atoms with Gasteiger partial charge in [0.15, 0.2) is 0 Å². The minimum atomic E-state index is -3.91. The Balaban J connectivity index is 1.16. The van der Waals surface area contributed by atoms with Crippen LogP contribution in [0, 0.1) is 17.8 Å². The van der Waals surface area contributed by atoms with Crippen LogP contribution in [0.25, 0.3) is 17.0 Å². The largest absolute Gasteiger partial charge is 0.496 e. The van der Waals surface area contributed by atoms with Crippen LogP contribution in [0.4, 0.5) is 4.79 Å². The summed E-state index contributed by atoms with van der Waals surface area (Å²) < 4.78 is 52.0. The van der Waals surface area contributed by atoms with E-state index >= 15 is 0 Å². The SMILES string of the molecule is C=C[C@@H]1C[C@]1(NC(=O)[C@@H]1C[C@@H]2CN1C(=O)[C@H](C1CCCC1)NC(=O)OC1CCC1C/C=C/c1cc3c(cc(OCC)nc3cc1OC)O2)C(=O)NS(=O)(=O)C1CC1. The number of pyridine rings is 1. The van der Waals surface area contributed by atoms with Gasteiger partial charge in [0.05, 0.1) is 31.0 Å². The molecule has 2 aromatic rings. The molecule has 0 spiro atoms. The van der Waals surface area contributed by atoms with Crippen molar-refractivity contribution in [3.8, 4) is 17.4 Å². The van der Waals surface area contributed by atoms with Crippen LogP contribution in [0.3, 0.4) is 0 Å². The van der Waals surface area contributed by atoms with Gasteiger partial charge in [-0.3, -0.25) is 19.1 Å². The third kappa shape index (κ3) is 7.76. The molecule has 4 bridgehead atoms. The minimum absolute atomic E-state index is 0.0155. The monoisotopic (exact) mass is 805 g/mol. The first kappa shape index (κ1) is 39.0. The van der Waals surface area contributed by atoms with E-state index in [4.69, 9.17) is 23.9 Å². The van der Waals surface area contributed by atoms with Crippen molar-refractivity contribution in [2.24, 2.45) is 17.8 Å². The lowest BCUT2D eigenvalue weighted by Gasteiger charge is -2.36. The molecule has 0 radical (unpaired) electrons. The second-order valence-electron chi connectivity index (χ2n) is 16.3. The van der Waals surface area contributed by atoms with E-state index in [1.807, 2.05) is 31.2 Å². The van der Waals surface area contributed by atoms with E-state index in [1.165, 1.54) is 11.0 Å². The lowest BCUT2D eigenvalue weighted by atomic mass is 9.79. The number of ether oxygens (including phenoxy) is 4. The molecule has 1 aromatic heterocycles. The summed E-state index contributed by atoms with van der Waals surface area (Å²) in [6.07, 6.45) is 10.4. The highest BCUT2D eigenvalue weighted by atomic mass is 32.2. The van der Waals surface area contributed by atoms with Gasteiger partial charge in [0.25, 0.3) is 5.91 Å². The summed E-state index contributed by atoms with van der Waals surface area (Å²) in [5.74, 6) is -1.16. The number of alkyl carbamates (subject to hydrolysis) is 1. The molecule has 4 amide bonds. The van der Waals surface area contributed by atoms with Crippen molar-refractivity contribution in [2.75, 3.05) is 20.3 Å². The Morgan fingerprint density at radius 3 is 2.54 bits per heavy atom. The van der Waals surface area contributed by atoms with Gasteiger partial charge in [-0.2, -0.15) is 0 Å². The summed E-state index contributed by atoms with van der Waals surface area (Å²) in [6, 6.07) is 3.34. The molecule has 5 fully saturated rings. The smallest absolute Gasteiger partial charge is 0.408 e. The summed E-state index contributed by atoms with van der Waals surface area (Å²) >= 11 is 0. The molecule has 2 unspecified atom stereocenters. The van der Waals surface area contributed by atoms with Crippen molar-refractivity contribution in [1.29, 1.82) is 0 Å². The van der Waals surface area contributed by atoms with Crippen LogP contribution < -0.4 is 29.6 Å². The van der Waals surface area contributed by atoms with Crippen LogP contribution in [0.2, 0.25) is 0 Å². The molecule has 4 aliphatic carbocycles. The molecule has 16 heteroatoms. The number of sulfonamides is 1. The van der Waals surface area contributed by atoms with Crippen LogP contribution >= 0.6 is 0 Å². The summed E-state index contributed by atoms with van der Waals surface area (Å²) in [7, 11) is -2.32. The zero-order valence-electron chi connectivity index (χ0n) is 32.4. The van der Waals surface area contributed by atoms with E-state index < -0.39 is 68.7 Å². The maximum atomic E-state index is 14.8. The fourth-order valence-electron chi connectivity index (χ4n) is 8.90.